The number of ketones is 1. The first kappa shape index (κ1) is 25.4. The lowest BCUT2D eigenvalue weighted by Crippen LogP contribution is -2.26. The quantitative estimate of drug-likeness (QED) is 0.198. The van der Waals surface area contributed by atoms with Crippen LogP contribution in [0.5, 0.6) is 0 Å². The molecule has 4 rings (SSSR count). The molecule has 3 aromatic carbocycles. The third-order valence-corrected chi connectivity index (χ3v) is 6.21. The van der Waals surface area contributed by atoms with E-state index in [0.29, 0.717) is 10.6 Å². The number of fused-ring (bicyclic) bond motifs is 1. The number of hydrogen-bond acceptors (Lipinski definition) is 2. The Balaban J connectivity index is 1.90. The molecule has 0 unspecified atom stereocenters. The van der Waals surface area contributed by atoms with Crippen LogP contribution in [0, 0.1) is 0 Å². The molecule has 1 amide bonds. The highest BCUT2D eigenvalue weighted by atomic mass is 35.5. The van der Waals surface area contributed by atoms with Crippen molar-refractivity contribution in [2.75, 3.05) is 5.32 Å². The van der Waals surface area contributed by atoms with E-state index in [0.717, 1.165) is 4.57 Å². The Labute approximate surface area is 217 Å². The number of benzene rings is 3. The van der Waals surface area contributed by atoms with Gasteiger partial charge in [-0.15, -0.1) is 0 Å². The number of nitrogens with one attached hydrogen (secondary N) is 1. The number of nitrogens with zero attached hydrogens (tertiary/aromatic N) is 1. The molecular weight excluding hydrogens is 547 g/mol. The molecule has 180 valence electrons. The molecule has 0 saturated heterocycles. The first-order valence-electron chi connectivity index (χ1n) is 9.90. The van der Waals surface area contributed by atoms with Crippen molar-refractivity contribution in [1.82, 2.24) is 4.57 Å². The fourth-order valence-corrected chi connectivity index (χ4v) is 4.53. The second-order valence-electron chi connectivity index (χ2n) is 7.50. The third kappa shape index (κ3) is 5.28. The summed E-state index contributed by atoms with van der Waals surface area (Å²) in [6.45, 7) is -0.341. The Hall–Kier alpha value is -2.71. The van der Waals surface area contributed by atoms with Crippen molar-refractivity contribution in [1.29, 1.82) is 0 Å². The highest BCUT2D eigenvalue weighted by Gasteiger charge is 2.42. The van der Waals surface area contributed by atoms with Gasteiger partial charge in [-0.2, -0.15) is 13.2 Å². The van der Waals surface area contributed by atoms with Crippen molar-refractivity contribution in [2.24, 2.45) is 0 Å². The van der Waals surface area contributed by atoms with Gasteiger partial charge in [0.2, 0.25) is 0 Å². The summed E-state index contributed by atoms with van der Waals surface area (Å²) in [7, 11) is 0. The molecular formula is C24H13Cl4F3N2O2. The predicted octanol–water partition coefficient (Wildman–Crippen LogP) is 8.14. The van der Waals surface area contributed by atoms with Crippen LogP contribution in [0.4, 0.5) is 18.9 Å². The normalized spacial score (nSPS) is 11.6. The first-order valence-corrected chi connectivity index (χ1v) is 11.4. The summed E-state index contributed by atoms with van der Waals surface area (Å²) in [5, 5.41) is 3.00. The SMILES string of the molecule is O=C(Nc1cccc(Cl)c1)C(=O)c1c(C(F)(F)F)n(Cc2ccc(Cl)cc2Cl)c2ccc(Cl)cc12. The summed E-state index contributed by atoms with van der Waals surface area (Å²) in [5.41, 5.74) is -1.59. The molecule has 0 bridgehead atoms. The van der Waals surface area contributed by atoms with E-state index >= 15 is 0 Å². The van der Waals surface area contributed by atoms with Gasteiger partial charge in [-0.3, -0.25) is 9.59 Å². The fourth-order valence-electron chi connectivity index (χ4n) is 3.70. The highest BCUT2D eigenvalue weighted by molar-refractivity contribution is 6.49. The van der Waals surface area contributed by atoms with Gasteiger partial charge in [0.15, 0.2) is 0 Å². The summed E-state index contributed by atoms with van der Waals surface area (Å²) >= 11 is 24.0. The molecule has 4 aromatic rings. The molecule has 1 N–H and O–H groups in total. The largest absolute Gasteiger partial charge is 0.432 e. The van der Waals surface area contributed by atoms with Crippen LogP contribution in [0.3, 0.4) is 0 Å². The zero-order valence-corrected chi connectivity index (χ0v) is 20.4. The molecule has 0 saturated carbocycles. The number of Topliss-reactive ketones (excluding diaryl/α,β-unsaturated/α-hetero) is 1. The summed E-state index contributed by atoms with van der Waals surface area (Å²) in [5.74, 6) is -2.65. The standard InChI is InChI=1S/C24H13Cl4F3N2O2/c25-13-2-1-3-16(8-13)32-23(35)21(34)20-17-9-14(26)6-7-19(17)33(22(20)24(29,30)31)11-12-4-5-15(27)10-18(12)28/h1-10H,11H2,(H,32,35). The van der Waals surface area contributed by atoms with Crippen LogP contribution in [0.25, 0.3) is 10.9 Å². The summed E-state index contributed by atoms with van der Waals surface area (Å²) in [6.07, 6.45) is -4.99. The van der Waals surface area contributed by atoms with Crippen molar-refractivity contribution < 1.29 is 22.8 Å². The van der Waals surface area contributed by atoms with E-state index in [9.17, 15) is 22.8 Å². The molecule has 0 atom stereocenters. The van der Waals surface area contributed by atoms with Crippen LogP contribution >= 0.6 is 46.4 Å². The molecule has 35 heavy (non-hydrogen) atoms. The number of carbonyl (C=O) groups is 2. The minimum atomic E-state index is -4.99. The Morgan fingerprint density at radius 2 is 1.51 bits per heavy atom. The van der Waals surface area contributed by atoms with E-state index in [2.05, 4.69) is 5.32 Å². The first-order chi connectivity index (χ1) is 16.5. The van der Waals surface area contributed by atoms with Crippen LogP contribution in [-0.2, 0) is 17.5 Å². The van der Waals surface area contributed by atoms with E-state index in [-0.39, 0.29) is 38.2 Å². The molecule has 0 aliphatic heterocycles. The topological polar surface area (TPSA) is 51.1 Å². The van der Waals surface area contributed by atoms with Crippen LogP contribution in [0.2, 0.25) is 20.1 Å². The van der Waals surface area contributed by atoms with E-state index in [4.69, 9.17) is 46.4 Å². The molecule has 0 aliphatic carbocycles. The number of rotatable bonds is 5. The molecule has 1 aromatic heterocycles. The second kappa shape index (κ2) is 9.74. The smallest absolute Gasteiger partial charge is 0.332 e. The van der Waals surface area contributed by atoms with E-state index in [1.165, 1.54) is 60.7 Å². The number of aromatic nitrogens is 1. The van der Waals surface area contributed by atoms with Gasteiger partial charge in [0, 0.05) is 43.2 Å². The van der Waals surface area contributed by atoms with E-state index in [1.54, 1.807) is 0 Å². The van der Waals surface area contributed by atoms with E-state index < -0.39 is 29.1 Å². The maximum absolute atomic E-state index is 14.4. The lowest BCUT2D eigenvalue weighted by atomic mass is 10.1. The zero-order chi connectivity index (χ0) is 25.5. The van der Waals surface area contributed by atoms with Gasteiger partial charge < -0.3 is 9.88 Å². The number of amides is 1. The van der Waals surface area contributed by atoms with E-state index in [1.807, 2.05) is 0 Å². The lowest BCUT2D eigenvalue weighted by Gasteiger charge is -2.15. The Morgan fingerprint density at radius 3 is 2.17 bits per heavy atom. The third-order valence-electron chi connectivity index (χ3n) is 5.15. The number of carbonyl (C=O) groups excluding carboxylic acids is 2. The predicted molar refractivity (Wildman–Crippen MR) is 132 cm³/mol. The molecule has 11 heteroatoms. The van der Waals surface area contributed by atoms with Gasteiger partial charge in [0.1, 0.15) is 5.69 Å². The fraction of sp³-hybridized carbons (Fsp3) is 0.0833. The molecule has 0 spiro atoms. The maximum atomic E-state index is 14.4. The average Bonchev–Trinajstić information content (AvgIpc) is 3.08. The maximum Gasteiger partial charge on any atom is 0.432 e. The minimum absolute atomic E-state index is 0.0478. The number of anilines is 1. The van der Waals surface area contributed by atoms with Crippen LogP contribution in [0.1, 0.15) is 21.6 Å². The minimum Gasteiger partial charge on any atom is -0.332 e. The highest BCUT2D eigenvalue weighted by Crippen LogP contribution is 2.40. The van der Waals surface area contributed by atoms with Gasteiger partial charge in [0.05, 0.1) is 5.56 Å². The van der Waals surface area contributed by atoms with Gasteiger partial charge in [-0.05, 0) is 54.1 Å². The van der Waals surface area contributed by atoms with Crippen molar-refractivity contribution in [3.8, 4) is 0 Å². The average molecular weight is 560 g/mol. The van der Waals surface area contributed by atoms with Crippen molar-refractivity contribution in [3.63, 3.8) is 0 Å². The van der Waals surface area contributed by atoms with Crippen LogP contribution < -0.4 is 5.32 Å². The van der Waals surface area contributed by atoms with Crippen molar-refractivity contribution >= 4 is 74.7 Å². The lowest BCUT2D eigenvalue weighted by molar-refractivity contribution is -0.143. The van der Waals surface area contributed by atoms with Gasteiger partial charge in [-0.1, -0.05) is 58.5 Å². The molecule has 0 radical (unpaired) electrons. The Morgan fingerprint density at radius 1 is 0.857 bits per heavy atom. The number of halogens is 7. The van der Waals surface area contributed by atoms with Crippen molar-refractivity contribution in [2.45, 2.75) is 12.7 Å². The van der Waals surface area contributed by atoms with Gasteiger partial charge in [0.25, 0.3) is 11.7 Å². The number of alkyl halides is 3. The van der Waals surface area contributed by atoms with Gasteiger partial charge >= 0.3 is 6.18 Å². The van der Waals surface area contributed by atoms with Gasteiger partial charge in [-0.25, -0.2) is 0 Å². The summed E-state index contributed by atoms with van der Waals surface area (Å²) < 4.78 is 44.1. The summed E-state index contributed by atoms with van der Waals surface area (Å²) in [6, 6.07) is 14.2. The summed E-state index contributed by atoms with van der Waals surface area (Å²) in [4.78, 5) is 25.9. The zero-order valence-electron chi connectivity index (χ0n) is 17.4. The molecule has 0 fully saturated rings. The van der Waals surface area contributed by atoms with Crippen LogP contribution in [-0.4, -0.2) is 16.3 Å². The Bertz CT molecular complexity index is 1480. The Kier molecular flexibility index (Phi) is 7.06. The van der Waals surface area contributed by atoms with Crippen LogP contribution in [0.15, 0.2) is 60.7 Å². The number of hydrogen-bond donors (Lipinski definition) is 1. The molecule has 1 heterocycles. The molecule has 4 nitrogen and oxygen atoms in total. The van der Waals surface area contributed by atoms with Crippen molar-refractivity contribution in [3.05, 3.63) is 97.6 Å². The second-order valence-corrected chi connectivity index (χ2v) is 9.21. The monoisotopic (exact) mass is 558 g/mol. The molecule has 0 aliphatic rings.